The molecule has 1 aromatic heterocycles. The summed E-state index contributed by atoms with van der Waals surface area (Å²) in [6.45, 7) is 1.58. The van der Waals surface area contributed by atoms with Crippen molar-refractivity contribution in [1.82, 2.24) is 10.1 Å². The Labute approximate surface area is 235 Å². The first-order valence-corrected chi connectivity index (χ1v) is 13.0. The van der Waals surface area contributed by atoms with Crippen LogP contribution in [0.1, 0.15) is 18.4 Å². The second-order valence-corrected chi connectivity index (χ2v) is 9.24. The van der Waals surface area contributed by atoms with Crippen LogP contribution in [-0.4, -0.2) is 105 Å². The van der Waals surface area contributed by atoms with Gasteiger partial charge in [-0.25, -0.2) is 9.18 Å². The predicted molar refractivity (Wildman–Crippen MR) is 139 cm³/mol. The number of hydrogen-bond acceptors (Lipinski definition) is 11. The zero-order valence-corrected chi connectivity index (χ0v) is 22.5. The maximum atomic E-state index is 15.1. The number of anilines is 1. The Morgan fingerprint density at radius 1 is 1.22 bits per heavy atom. The lowest BCUT2D eigenvalue weighted by molar-refractivity contribution is -0.153. The van der Waals surface area contributed by atoms with Crippen LogP contribution in [0.5, 0.6) is 5.88 Å². The van der Waals surface area contributed by atoms with E-state index >= 15 is 4.39 Å². The maximum absolute atomic E-state index is 15.1. The molecule has 2 aliphatic rings. The summed E-state index contributed by atoms with van der Waals surface area (Å²) in [4.78, 5) is 39.6. The Balaban J connectivity index is 1.25. The molecule has 2 aromatic rings. The third kappa shape index (κ3) is 8.25. The number of aliphatic hydroxyl groups is 1. The molecule has 0 saturated carbocycles. The normalized spacial score (nSPS) is 17.7. The molecule has 1 N–H and O–H groups in total. The second-order valence-electron chi connectivity index (χ2n) is 9.24. The van der Waals surface area contributed by atoms with E-state index in [0.717, 1.165) is 0 Å². The fraction of sp³-hybridized carbons (Fsp3) is 0.481. The molecule has 2 atom stereocenters. The minimum atomic E-state index is -1.55. The van der Waals surface area contributed by atoms with Gasteiger partial charge >= 0.3 is 12.1 Å². The van der Waals surface area contributed by atoms with Gasteiger partial charge in [0, 0.05) is 31.8 Å². The van der Waals surface area contributed by atoms with Crippen LogP contribution in [0.3, 0.4) is 0 Å². The third-order valence-corrected chi connectivity index (χ3v) is 6.40. The number of ether oxygens (including phenoxy) is 5. The van der Waals surface area contributed by atoms with Crippen LogP contribution < -0.4 is 9.64 Å². The summed E-state index contributed by atoms with van der Waals surface area (Å²) in [5.41, 5.74) is 1.37. The van der Waals surface area contributed by atoms with E-state index in [-0.39, 0.29) is 45.3 Å². The SMILES string of the molecule is COCCOCCOC(=O)C[C@@H](O)C(=O)N1CC=C(c2ccc(N3C[C@H](COc4ccon4)OC3=O)cc2F)CC1. The second kappa shape index (κ2) is 14.6. The number of carbonyl (C=O) groups is 3. The Kier molecular flexibility index (Phi) is 10.6. The molecule has 4 rings (SSSR count). The van der Waals surface area contributed by atoms with Crippen molar-refractivity contribution >= 4 is 29.2 Å². The number of esters is 1. The number of aliphatic hydroxyl groups excluding tert-OH is 1. The number of rotatable bonds is 14. The molecular formula is C27H32FN3O10. The maximum Gasteiger partial charge on any atom is 0.414 e. The molecule has 1 aromatic carbocycles. The first-order chi connectivity index (χ1) is 19.9. The molecule has 3 heterocycles. The number of amides is 2. The Hall–Kier alpha value is -4.01. The fourth-order valence-corrected chi connectivity index (χ4v) is 4.29. The summed E-state index contributed by atoms with van der Waals surface area (Å²) in [6.07, 6.45) is 0.185. The smallest absolute Gasteiger partial charge is 0.414 e. The number of aromatic nitrogens is 1. The number of hydrogen-bond donors (Lipinski definition) is 1. The zero-order chi connectivity index (χ0) is 29.2. The number of cyclic esters (lactones) is 1. The quantitative estimate of drug-likeness (QED) is 0.259. The highest BCUT2D eigenvalue weighted by Gasteiger charge is 2.34. The topological polar surface area (TPSA) is 150 Å². The van der Waals surface area contributed by atoms with Gasteiger partial charge in [-0.2, -0.15) is 0 Å². The van der Waals surface area contributed by atoms with Gasteiger partial charge in [0.25, 0.3) is 11.8 Å². The average Bonchev–Trinajstić information content (AvgIpc) is 3.63. The van der Waals surface area contributed by atoms with Crippen LogP contribution in [0.15, 0.2) is 41.1 Å². The highest BCUT2D eigenvalue weighted by molar-refractivity contribution is 5.90. The molecular weight excluding hydrogens is 545 g/mol. The molecule has 222 valence electrons. The minimum absolute atomic E-state index is 0.00136. The molecule has 1 fully saturated rings. The van der Waals surface area contributed by atoms with Crippen molar-refractivity contribution in [2.75, 3.05) is 64.7 Å². The van der Waals surface area contributed by atoms with Gasteiger partial charge in [-0.3, -0.25) is 14.5 Å². The summed E-state index contributed by atoms with van der Waals surface area (Å²) < 4.78 is 45.5. The Morgan fingerprint density at radius 3 is 2.76 bits per heavy atom. The molecule has 0 spiro atoms. The van der Waals surface area contributed by atoms with E-state index in [9.17, 15) is 19.5 Å². The first-order valence-electron chi connectivity index (χ1n) is 13.0. The summed E-state index contributed by atoms with van der Waals surface area (Å²) in [7, 11) is 1.54. The summed E-state index contributed by atoms with van der Waals surface area (Å²) in [6, 6.07) is 5.98. The molecule has 13 nitrogen and oxygen atoms in total. The monoisotopic (exact) mass is 577 g/mol. The van der Waals surface area contributed by atoms with E-state index < -0.39 is 42.4 Å². The van der Waals surface area contributed by atoms with Gasteiger partial charge in [0.15, 0.2) is 6.10 Å². The van der Waals surface area contributed by atoms with Crippen molar-refractivity contribution in [1.29, 1.82) is 0 Å². The van der Waals surface area contributed by atoms with Crippen LogP contribution in [0.4, 0.5) is 14.9 Å². The van der Waals surface area contributed by atoms with Crippen LogP contribution in [0, 0.1) is 5.82 Å². The molecule has 0 radical (unpaired) electrons. The Bertz CT molecular complexity index is 1220. The molecule has 2 amide bonds. The molecule has 0 unspecified atom stereocenters. The van der Waals surface area contributed by atoms with E-state index in [1.807, 2.05) is 0 Å². The lowest BCUT2D eigenvalue weighted by Crippen LogP contribution is -2.42. The molecule has 2 aliphatic heterocycles. The number of methoxy groups -OCH3 is 1. The number of halogens is 1. The third-order valence-electron chi connectivity index (χ3n) is 6.40. The van der Waals surface area contributed by atoms with Crippen molar-refractivity contribution in [2.45, 2.75) is 25.0 Å². The highest BCUT2D eigenvalue weighted by Crippen LogP contribution is 2.30. The number of nitrogens with zero attached hydrogens (tertiary/aromatic N) is 3. The average molecular weight is 578 g/mol. The van der Waals surface area contributed by atoms with Crippen LogP contribution in [-0.2, 0) is 28.5 Å². The molecule has 41 heavy (non-hydrogen) atoms. The van der Waals surface area contributed by atoms with Crippen LogP contribution >= 0.6 is 0 Å². The van der Waals surface area contributed by atoms with Gasteiger partial charge in [0.1, 0.15) is 31.4 Å². The van der Waals surface area contributed by atoms with Gasteiger partial charge < -0.3 is 38.2 Å². The van der Waals surface area contributed by atoms with Crippen molar-refractivity contribution in [3.05, 3.63) is 48.0 Å². The highest BCUT2D eigenvalue weighted by atomic mass is 19.1. The summed E-state index contributed by atoms with van der Waals surface area (Å²) in [5.74, 6) is -1.59. The van der Waals surface area contributed by atoms with E-state index in [1.54, 1.807) is 25.3 Å². The van der Waals surface area contributed by atoms with Crippen molar-refractivity contribution in [3.8, 4) is 5.88 Å². The zero-order valence-electron chi connectivity index (χ0n) is 22.5. The largest absolute Gasteiger partial charge is 0.471 e. The molecule has 14 heteroatoms. The Morgan fingerprint density at radius 2 is 2.05 bits per heavy atom. The van der Waals surface area contributed by atoms with Crippen LogP contribution in [0.25, 0.3) is 5.57 Å². The van der Waals surface area contributed by atoms with Gasteiger partial charge in [0.05, 0.1) is 38.5 Å². The number of carbonyl (C=O) groups excluding carboxylic acids is 3. The minimum Gasteiger partial charge on any atom is -0.471 e. The first kappa shape index (κ1) is 30.0. The van der Waals surface area contributed by atoms with E-state index in [4.69, 9.17) is 23.7 Å². The lowest BCUT2D eigenvalue weighted by atomic mass is 9.98. The number of benzene rings is 1. The summed E-state index contributed by atoms with van der Waals surface area (Å²) in [5, 5.41) is 13.8. The van der Waals surface area contributed by atoms with Crippen molar-refractivity contribution in [3.63, 3.8) is 0 Å². The predicted octanol–water partition coefficient (Wildman–Crippen LogP) is 1.79. The van der Waals surface area contributed by atoms with Gasteiger partial charge in [0.2, 0.25) is 0 Å². The fourth-order valence-electron chi connectivity index (χ4n) is 4.29. The van der Waals surface area contributed by atoms with E-state index in [2.05, 4.69) is 9.68 Å². The molecule has 0 bridgehead atoms. The van der Waals surface area contributed by atoms with Gasteiger partial charge in [-0.15, -0.1) is 0 Å². The van der Waals surface area contributed by atoms with Crippen molar-refractivity contribution < 1.29 is 52.1 Å². The van der Waals surface area contributed by atoms with E-state index in [0.29, 0.717) is 36.5 Å². The lowest BCUT2D eigenvalue weighted by Gasteiger charge is -2.28. The standard InChI is InChI=1S/C27H32FN3O10/c1-36-10-11-37-12-13-38-25(33)15-23(32)26(34)30-7-4-18(5-8-30)21-3-2-19(14-22(21)28)31-16-20(41-27(31)35)17-39-24-6-9-40-29-24/h2-4,6,9,14,20,23,32H,5,7-8,10-13,15-17H2,1H3/t20-,23-/m1/s1. The van der Waals surface area contributed by atoms with Gasteiger partial charge in [-0.1, -0.05) is 6.08 Å². The van der Waals surface area contributed by atoms with Gasteiger partial charge in [-0.05, 0) is 35.3 Å². The van der Waals surface area contributed by atoms with Crippen LogP contribution in [0.2, 0.25) is 0 Å². The molecule has 1 saturated heterocycles. The molecule has 0 aliphatic carbocycles. The summed E-state index contributed by atoms with van der Waals surface area (Å²) >= 11 is 0. The van der Waals surface area contributed by atoms with E-state index in [1.165, 1.54) is 28.2 Å². The van der Waals surface area contributed by atoms with Crippen molar-refractivity contribution in [2.24, 2.45) is 0 Å².